The van der Waals surface area contributed by atoms with Gasteiger partial charge in [-0.3, -0.25) is 9.80 Å². The van der Waals surface area contributed by atoms with E-state index >= 15 is 0 Å². The van der Waals surface area contributed by atoms with Crippen LogP contribution in [-0.4, -0.2) is 76.0 Å². The van der Waals surface area contributed by atoms with Crippen molar-refractivity contribution in [2.75, 3.05) is 26.2 Å². The Labute approximate surface area is 198 Å². The van der Waals surface area contributed by atoms with Crippen LogP contribution in [0.1, 0.15) is 50.0 Å². The monoisotopic (exact) mass is 516 g/mol. The van der Waals surface area contributed by atoms with Crippen molar-refractivity contribution >= 4 is 11.9 Å². The van der Waals surface area contributed by atoms with E-state index in [-0.39, 0.29) is 0 Å². The fourth-order valence-corrected chi connectivity index (χ4v) is 4.38. The third-order valence-corrected chi connectivity index (χ3v) is 6.36. The molecule has 13 heteroatoms. The minimum Gasteiger partial charge on any atom is -0.475 e. The number of alkyl halides is 6. The first-order chi connectivity index (χ1) is 16.1. The minimum atomic E-state index is -5.08. The minimum absolute atomic E-state index is 0.554. The highest BCUT2D eigenvalue weighted by Crippen LogP contribution is 2.42. The van der Waals surface area contributed by atoms with Crippen molar-refractivity contribution in [2.45, 2.75) is 69.9 Å². The maximum atomic E-state index is 10.6. The number of aryl methyl sites for hydroxylation is 1. The Morgan fingerprint density at radius 3 is 1.89 bits per heavy atom. The largest absolute Gasteiger partial charge is 0.490 e. The van der Waals surface area contributed by atoms with Crippen molar-refractivity contribution in [3.05, 3.63) is 23.7 Å². The number of nitrogens with zero attached hydrogens (tertiary/aromatic N) is 2. The van der Waals surface area contributed by atoms with Crippen LogP contribution < -0.4 is 0 Å². The van der Waals surface area contributed by atoms with Crippen molar-refractivity contribution in [2.24, 2.45) is 5.92 Å². The van der Waals surface area contributed by atoms with E-state index in [9.17, 15) is 26.3 Å². The van der Waals surface area contributed by atoms with Crippen LogP contribution in [0.5, 0.6) is 0 Å². The first kappa shape index (κ1) is 29.0. The Balaban J connectivity index is 0.000000257. The van der Waals surface area contributed by atoms with Crippen LogP contribution in [0.3, 0.4) is 0 Å². The van der Waals surface area contributed by atoms with E-state index in [4.69, 9.17) is 24.2 Å². The summed E-state index contributed by atoms with van der Waals surface area (Å²) in [7, 11) is 0. The van der Waals surface area contributed by atoms with E-state index in [0.29, 0.717) is 5.54 Å². The molecule has 4 rings (SSSR count). The summed E-state index contributed by atoms with van der Waals surface area (Å²) in [5.74, 6) is -2.32. The lowest BCUT2D eigenvalue weighted by Crippen LogP contribution is -2.52. The third kappa shape index (κ3) is 9.36. The summed E-state index contributed by atoms with van der Waals surface area (Å²) < 4.78 is 69.2. The lowest BCUT2D eigenvalue weighted by atomic mass is 9.84. The van der Waals surface area contributed by atoms with Crippen molar-refractivity contribution in [1.82, 2.24) is 9.80 Å². The van der Waals surface area contributed by atoms with Crippen LogP contribution in [0, 0.1) is 12.8 Å². The van der Waals surface area contributed by atoms with E-state index < -0.39 is 24.3 Å². The molecule has 2 saturated heterocycles. The van der Waals surface area contributed by atoms with E-state index in [2.05, 4.69) is 21.9 Å². The van der Waals surface area contributed by atoms with Gasteiger partial charge < -0.3 is 14.6 Å². The molecule has 0 unspecified atom stereocenters. The van der Waals surface area contributed by atoms with E-state index in [1.165, 1.54) is 64.7 Å². The summed E-state index contributed by atoms with van der Waals surface area (Å²) in [5.41, 5.74) is 0.554. The van der Waals surface area contributed by atoms with E-state index in [1.807, 2.05) is 6.92 Å². The second kappa shape index (κ2) is 11.6. The predicted octanol–water partition coefficient (Wildman–Crippen LogP) is 4.70. The molecule has 1 aliphatic carbocycles. The molecule has 2 N–H and O–H groups in total. The van der Waals surface area contributed by atoms with Gasteiger partial charge in [-0.2, -0.15) is 26.3 Å². The zero-order valence-corrected chi connectivity index (χ0v) is 19.3. The molecule has 3 aliphatic rings. The molecular weight excluding hydrogens is 486 g/mol. The SMILES string of the molecule is Cc1ccc(CN2CCC3(CCCN3CC3CC3)CC2)o1.O=C(O)C(F)(F)F.O=C(O)C(F)(F)F. The molecule has 1 aromatic rings. The van der Waals surface area contributed by atoms with Crippen molar-refractivity contribution in [3.63, 3.8) is 0 Å². The first-order valence-corrected chi connectivity index (χ1v) is 11.3. The van der Waals surface area contributed by atoms with Gasteiger partial charge in [-0.1, -0.05) is 0 Å². The summed E-state index contributed by atoms with van der Waals surface area (Å²) in [6.07, 6.45) is -1.62. The summed E-state index contributed by atoms with van der Waals surface area (Å²) in [6.45, 7) is 8.24. The summed E-state index contributed by atoms with van der Waals surface area (Å²) in [4.78, 5) is 23.2. The zero-order valence-electron chi connectivity index (χ0n) is 19.3. The molecule has 1 saturated carbocycles. The maximum absolute atomic E-state index is 10.6. The van der Waals surface area contributed by atoms with Gasteiger partial charge in [0.05, 0.1) is 6.54 Å². The number of piperidine rings is 1. The number of aliphatic carboxylic acids is 2. The van der Waals surface area contributed by atoms with Crippen LogP contribution in [0.25, 0.3) is 0 Å². The van der Waals surface area contributed by atoms with Crippen molar-refractivity contribution in [3.8, 4) is 0 Å². The molecule has 0 radical (unpaired) electrons. The van der Waals surface area contributed by atoms with Gasteiger partial charge in [0, 0.05) is 25.2 Å². The van der Waals surface area contributed by atoms with Crippen LogP contribution in [0.15, 0.2) is 16.5 Å². The van der Waals surface area contributed by atoms with Crippen LogP contribution in [0.2, 0.25) is 0 Å². The van der Waals surface area contributed by atoms with Crippen LogP contribution in [-0.2, 0) is 16.1 Å². The van der Waals surface area contributed by atoms with Crippen molar-refractivity contribution < 1.29 is 50.6 Å². The van der Waals surface area contributed by atoms with Gasteiger partial charge in [0.2, 0.25) is 0 Å². The van der Waals surface area contributed by atoms with Gasteiger partial charge in [-0.15, -0.1) is 0 Å². The summed E-state index contributed by atoms with van der Waals surface area (Å²) >= 11 is 0. The number of rotatable bonds is 4. The molecule has 7 nitrogen and oxygen atoms in total. The molecule has 0 atom stereocenters. The van der Waals surface area contributed by atoms with Crippen molar-refractivity contribution in [1.29, 1.82) is 0 Å². The summed E-state index contributed by atoms with van der Waals surface area (Å²) in [5, 5.41) is 14.2. The number of carboxylic acid groups (broad SMARTS) is 2. The lowest BCUT2D eigenvalue weighted by Gasteiger charge is -2.45. The smallest absolute Gasteiger partial charge is 0.475 e. The molecular formula is C22H30F6N2O5. The average molecular weight is 516 g/mol. The molecule has 35 heavy (non-hydrogen) atoms. The molecule has 200 valence electrons. The molecule has 3 fully saturated rings. The van der Waals surface area contributed by atoms with Crippen LogP contribution in [0.4, 0.5) is 26.3 Å². The Morgan fingerprint density at radius 2 is 1.49 bits per heavy atom. The number of likely N-dealkylation sites (tertiary alicyclic amines) is 2. The quantitative estimate of drug-likeness (QED) is 0.561. The first-order valence-electron chi connectivity index (χ1n) is 11.3. The van der Waals surface area contributed by atoms with E-state index in [1.54, 1.807) is 0 Å². The average Bonchev–Trinajstić information content (AvgIpc) is 3.35. The van der Waals surface area contributed by atoms with Crippen LogP contribution >= 0.6 is 0 Å². The van der Waals surface area contributed by atoms with Gasteiger partial charge in [-0.25, -0.2) is 9.59 Å². The van der Waals surface area contributed by atoms with Gasteiger partial charge in [0.1, 0.15) is 11.5 Å². The number of hydrogen-bond donors (Lipinski definition) is 2. The summed E-state index contributed by atoms with van der Waals surface area (Å²) in [6, 6.07) is 4.21. The predicted molar refractivity (Wildman–Crippen MR) is 112 cm³/mol. The van der Waals surface area contributed by atoms with Gasteiger partial charge in [0.25, 0.3) is 0 Å². The van der Waals surface area contributed by atoms with E-state index in [0.717, 1.165) is 24.0 Å². The molecule has 0 bridgehead atoms. The Hall–Kier alpha value is -2.28. The maximum Gasteiger partial charge on any atom is 0.490 e. The molecule has 0 amide bonds. The van der Waals surface area contributed by atoms with Gasteiger partial charge >= 0.3 is 24.3 Å². The number of carbonyl (C=O) groups is 2. The lowest BCUT2D eigenvalue weighted by molar-refractivity contribution is -0.193. The molecule has 1 aromatic heterocycles. The highest BCUT2D eigenvalue weighted by Gasteiger charge is 2.44. The highest BCUT2D eigenvalue weighted by molar-refractivity contribution is 5.73. The number of furan rings is 1. The standard InChI is InChI=1S/C18H28N2O.2C2HF3O2/c1-15-3-6-17(21-15)14-19-11-8-18(9-12-19)7-2-10-20(18)13-16-4-5-16;2*3-2(4,5)1(6)7/h3,6,16H,2,4-5,7-14H2,1H3;2*(H,6,7). The van der Waals surface area contributed by atoms with Gasteiger partial charge in [-0.05, 0) is 70.0 Å². The molecule has 0 aromatic carbocycles. The molecule has 2 aliphatic heterocycles. The van der Waals surface area contributed by atoms with Gasteiger partial charge in [0.15, 0.2) is 0 Å². The molecule has 3 heterocycles. The number of hydrogen-bond acceptors (Lipinski definition) is 5. The third-order valence-electron chi connectivity index (χ3n) is 6.36. The Morgan fingerprint density at radius 1 is 0.971 bits per heavy atom. The molecule has 1 spiro atoms. The zero-order chi connectivity index (χ0) is 26.4. The highest BCUT2D eigenvalue weighted by atomic mass is 19.4. The topological polar surface area (TPSA) is 94.2 Å². The fraction of sp³-hybridized carbons (Fsp3) is 0.727. The fourth-order valence-electron chi connectivity index (χ4n) is 4.38. The Kier molecular flexibility index (Phi) is 9.63. The second-order valence-corrected chi connectivity index (χ2v) is 9.11. The Bertz CT molecular complexity index is 818. The normalized spacial score (nSPS) is 20.5. The number of halogens is 6. The second-order valence-electron chi connectivity index (χ2n) is 9.11. The number of carboxylic acids is 2.